The number of hydrogen-bond donors (Lipinski definition) is 0. The molecule has 0 atom stereocenters. The Labute approximate surface area is 131 Å². The van der Waals surface area contributed by atoms with E-state index < -0.39 is 0 Å². The van der Waals surface area contributed by atoms with Gasteiger partial charge in [-0.05, 0) is 12.5 Å². The van der Waals surface area contributed by atoms with E-state index in [0.717, 1.165) is 38.3 Å². The molecule has 1 fully saturated rings. The molecule has 1 amide bonds. The van der Waals surface area contributed by atoms with Crippen LogP contribution in [0.3, 0.4) is 0 Å². The Balaban J connectivity index is 1.57. The van der Waals surface area contributed by atoms with Crippen molar-refractivity contribution in [2.75, 3.05) is 26.2 Å². The van der Waals surface area contributed by atoms with E-state index in [1.807, 2.05) is 31.1 Å². The van der Waals surface area contributed by atoms with Crippen molar-refractivity contribution < 1.29 is 4.79 Å². The second-order valence-electron chi connectivity index (χ2n) is 5.89. The predicted molar refractivity (Wildman–Crippen MR) is 85.6 cm³/mol. The van der Waals surface area contributed by atoms with Gasteiger partial charge in [-0.25, -0.2) is 0 Å². The van der Waals surface area contributed by atoms with Gasteiger partial charge in [0.05, 0.1) is 0 Å². The summed E-state index contributed by atoms with van der Waals surface area (Å²) in [4.78, 5) is 16.8. The predicted octanol–water partition coefficient (Wildman–Crippen LogP) is 1.69. The third kappa shape index (κ3) is 3.20. The average Bonchev–Trinajstić information content (AvgIpc) is 2.87. The summed E-state index contributed by atoms with van der Waals surface area (Å²) in [5, 5.41) is 4.28. The zero-order chi connectivity index (χ0) is 15.5. The summed E-state index contributed by atoms with van der Waals surface area (Å²) < 4.78 is 1.70. The third-order valence-electron chi connectivity index (χ3n) is 4.12. The molecular formula is C17H22N4O. The highest BCUT2D eigenvalue weighted by atomic mass is 16.2. The van der Waals surface area contributed by atoms with Crippen LogP contribution in [0.15, 0.2) is 36.5 Å². The number of hydrogen-bond acceptors (Lipinski definition) is 3. The number of carbonyl (C=O) groups is 1. The maximum atomic E-state index is 12.5. The molecule has 0 saturated carbocycles. The molecular weight excluding hydrogens is 276 g/mol. The first-order valence-corrected chi connectivity index (χ1v) is 7.69. The largest absolute Gasteiger partial charge is 0.335 e. The zero-order valence-electron chi connectivity index (χ0n) is 13.2. The van der Waals surface area contributed by atoms with Crippen molar-refractivity contribution in [3.63, 3.8) is 0 Å². The first-order valence-electron chi connectivity index (χ1n) is 7.69. The molecule has 5 nitrogen and oxygen atoms in total. The van der Waals surface area contributed by atoms with Crippen molar-refractivity contribution in [3.8, 4) is 0 Å². The number of aromatic nitrogens is 2. The van der Waals surface area contributed by atoms with Gasteiger partial charge < -0.3 is 4.90 Å². The second-order valence-corrected chi connectivity index (χ2v) is 5.89. The smallest absolute Gasteiger partial charge is 0.274 e. The Hall–Kier alpha value is -2.14. The number of aryl methyl sites for hydroxylation is 2. The van der Waals surface area contributed by atoms with Gasteiger partial charge >= 0.3 is 0 Å². The zero-order valence-corrected chi connectivity index (χ0v) is 13.2. The number of carbonyl (C=O) groups excluding carboxylic acids is 1. The van der Waals surface area contributed by atoms with E-state index in [4.69, 9.17) is 0 Å². The lowest BCUT2D eigenvalue weighted by atomic mass is 10.2. The lowest BCUT2D eigenvalue weighted by molar-refractivity contribution is 0.0621. The molecule has 0 unspecified atom stereocenters. The molecule has 0 N–H and O–H groups in total. The summed E-state index contributed by atoms with van der Waals surface area (Å²) in [5.41, 5.74) is 2.85. The fourth-order valence-corrected chi connectivity index (χ4v) is 2.92. The van der Waals surface area contributed by atoms with Gasteiger partial charge in [0.2, 0.25) is 0 Å². The van der Waals surface area contributed by atoms with Crippen molar-refractivity contribution in [1.29, 1.82) is 0 Å². The quantitative estimate of drug-likeness (QED) is 0.866. The van der Waals surface area contributed by atoms with Crippen molar-refractivity contribution in [2.45, 2.75) is 13.5 Å². The molecule has 2 heterocycles. The van der Waals surface area contributed by atoms with Crippen molar-refractivity contribution >= 4 is 5.91 Å². The van der Waals surface area contributed by atoms with Crippen molar-refractivity contribution in [2.24, 2.45) is 7.05 Å². The van der Waals surface area contributed by atoms with Gasteiger partial charge in [-0.2, -0.15) is 5.10 Å². The monoisotopic (exact) mass is 298 g/mol. The topological polar surface area (TPSA) is 41.4 Å². The maximum absolute atomic E-state index is 12.5. The summed E-state index contributed by atoms with van der Waals surface area (Å²) in [6, 6.07) is 10.5. The molecule has 22 heavy (non-hydrogen) atoms. The minimum atomic E-state index is 0.0532. The summed E-state index contributed by atoms with van der Waals surface area (Å²) in [5.74, 6) is 0.0532. The Kier molecular flexibility index (Phi) is 4.24. The van der Waals surface area contributed by atoms with Crippen molar-refractivity contribution in [3.05, 3.63) is 53.3 Å². The highest BCUT2D eigenvalue weighted by molar-refractivity contribution is 5.93. The molecule has 1 saturated heterocycles. The molecule has 5 heteroatoms. The third-order valence-corrected chi connectivity index (χ3v) is 4.12. The molecule has 1 aromatic heterocycles. The number of piperazine rings is 1. The molecule has 3 rings (SSSR count). The van der Waals surface area contributed by atoms with Crippen LogP contribution in [0, 0.1) is 6.92 Å². The lowest BCUT2D eigenvalue weighted by Crippen LogP contribution is -2.48. The number of rotatable bonds is 3. The van der Waals surface area contributed by atoms with E-state index in [1.54, 1.807) is 4.68 Å². The molecule has 0 aliphatic carbocycles. The molecule has 2 aromatic rings. The van der Waals surface area contributed by atoms with Crippen LogP contribution in [-0.2, 0) is 13.6 Å². The standard InChI is InChI=1S/C17H22N4O/c1-14-12-19(2)18-16(14)17(22)21-10-8-20(9-11-21)13-15-6-4-3-5-7-15/h3-7,12H,8-11,13H2,1-2H3. The fraction of sp³-hybridized carbons (Fsp3) is 0.412. The van der Waals surface area contributed by atoms with Gasteiger partial charge in [-0.1, -0.05) is 30.3 Å². The maximum Gasteiger partial charge on any atom is 0.274 e. The lowest BCUT2D eigenvalue weighted by Gasteiger charge is -2.34. The van der Waals surface area contributed by atoms with Gasteiger partial charge in [-0.15, -0.1) is 0 Å². The molecule has 116 valence electrons. The molecule has 1 aliphatic rings. The highest BCUT2D eigenvalue weighted by Crippen LogP contribution is 2.13. The van der Waals surface area contributed by atoms with Gasteiger partial charge in [0.25, 0.3) is 5.91 Å². The van der Waals surface area contributed by atoms with E-state index in [0.29, 0.717) is 5.69 Å². The summed E-state index contributed by atoms with van der Waals surface area (Å²) in [6.45, 7) is 6.24. The van der Waals surface area contributed by atoms with Crippen LogP contribution in [0.2, 0.25) is 0 Å². The molecule has 0 spiro atoms. The average molecular weight is 298 g/mol. The van der Waals surface area contributed by atoms with Crippen LogP contribution in [0.4, 0.5) is 0 Å². The summed E-state index contributed by atoms with van der Waals surface area (Å²) >= 11 is 0. The minimum Gasteiger partial charge on any atom is -0.335 e. The minimum absolute atomic E-state index is 0.0532. The fourth-order valence-electron chi connectivity index (χ4n) is 2.92. The van der Waals surface area contributed by atoms with E-state index in [2.05, 4.69) is 34.3 Å². The Morgan fingerprint density at radius 3 is 2.41 bits per heavy atom. The Bertz CT molecular complexity index is 642. The Morgan fingerprint density at radius 2 is 1.82 bits per heavy atom. The molecule has 0 bridgehead atoms. The van der Waals surface area contributed by atoms with E-state index >= 15 is 0 Å². The van der Waals surface area contributed by atoms with Crippen LogP contribution in [0.5, 0.6) is 0 Å². The first-order chi connectivity index (χ1) is 10.6. The number of benzene rings is 1. The van der Waals surface area contributed by atoms with Crippen LogP contribution in [0.1, 0.15) is 21.6 Å². The number of nitrogens with zero attached hydrogens (tertiary/aromatic N) is 4. The molecule has 0 radical (unpaired) electrons. The van der Waals surface area contributed by atoms with Crippen LogP contribution in [-0.4, -0.2) is 51.7 Å². The highest BCUT2D eigenvalue weighted by Gasteiger charge is 2.24. The molecule has 1 aromatic carbocycles. The second kappa shape index (κ2) is 6.32. The summed E-state index contributed by atoms with van der Waals surface area (Å²) in [6.07, 6.45) is 1.89. The van der Waals surface area contributed by atoms with Gasteiger partial charge in [0, 0.05) is 51.5 Å². The van der Waals surface area contributed by atoms with Crippen LogP contribution < -0.4 is 0 Å². The van der Waals surface area contributed by atoms with E-state index in [1.165, 1.54) is 5.56 Å². The van der Waals surface area contributed by atoms with Crippen LogP contribution >= 0.6 is 0 Å². The number of amides is 1. The normalized spacial score (nSPS) is 16.0. The van der Waals surface area contributed by atoms with E-state index in [9.17, 15) is 4.79 Å². The summed E-state index contributed by atoms with van der Waals surface area (Å²) in [7, 11) is 1.85. The van der Waals surface area contributed by atoms with Gasteiger partial charge in [0.15, 0.2) is 5.69 Å². The van der Waals surface area contributed by atoms with E-state index in [-0.39, 0.29) is 5.91 Å². The van der Waals surface area contributed by atoms with Gasteiger partial charge in [-0.3, -0.25) is 14.4 Å². The SMILES string of the molecule is Cc1cn(C)nc1C(=O)N1CCN(Cc2ccccc2)CC1. The Morgan fingerprint density at radius 1 is 1.14 bits per heavy atom. The van der Waals surface area contributed by atoms with Gasteiger partial charge in [0.1, 0.15) is 0 Å². The first kappa shape index (κ1) is 14.8. The van der Waals surface area contributed by atoms with Crippen LogP contribution in [0.25, 0.3) is 0 Å². The van der Waals surface area contributed by atoms with Crippen molar-refractivity contribution in [1.82, 2.24) is 19.6 Å². The molecule has 1 aliphatic heterocycles.